The Labute approximate surface area is 411 Å². The Morgan fingerprint density at radius 2 is 1.13 bits per heavy atom. The Bertz CT molecular complexity index is 3140. The monoisotopic (exact) mass is 1010 g/mol. The van der Waals surface area contributed by atoms with Crippen LogP contribution in [0.5, 0.6) is 11.5 Å². The lowest BCUT2D eigenvalue weighted by Gasteiger charge is -2.37. The van der Waals surface area contributed by atoms with Crippen LogP contribution in [0.3, 0.4) is 0 Å². The summed E-state index contributed by atoms with van der Waals surface area (Å²) in [6.07, 6.45) is -0.0972. The number of hydrogen-bond acceptors (Lipinski definition) is 10. The molecule has 0 aliphatic carbocycles. The summed E-state index contributed by atoms with van der Waals surface area (Å²) in [5.74, 6) is 1.24. The summed E-state index contributed by atoms with van der Waals surface area (Å²) >= 11 is 15.8. The number of carbonyl (C=O) groups is 2. The highest BCUT2D eigenvalue weighted by Gasteiger charge is 2.55. The fourth-order valence-corrected chi connectivity index (χ4v) is 9.28. The van der Waals surface area contributed by atoms with Crippen molar-refractivity contribution in [3.63, 3.8) is 0 Å². The molecule has 10 rings (SSSR count). The summed E-state index contributed by atoms with van der Waals surface area (Å²) in [4.78, 5) is 45.2. The number of amides is 2. The van der Waals surface area contributed by atoms with E-state index >= 15 is 0 Å². The van der Waals surface area contributed by atoms with Gasteiger partial charge >= 0.3 is 7.12 Å². The maximum atomic E-state index is 13.5. The van der Waals surface area contributed by atoms with Crippen LogP contribution in [0.4, 0.5) is 11.4 Å². The highest BCUT2D eigenvalue weighted by molar-refractivity contribution is 9.10. The first kappa shape index (κ1) is 47.3. The van der Waals surface area contributed by atoms with Crippen molar-refractivity contribution in [3.8, 4) is 22.6 Å². The third-order valence-electron chi connectivity index (χ3n) is 12.0. The molecule has 0 aromatic heterocycles. The number of rotatable bonds is 4. The lowest BCUT2D eigenvalue weighted by molar-refractivity contribution is -0.133. The van der Waals surface area contributed by atoms with Crippen LogP contribution < -0.4 is 26.4 Å². The molecule has 4 aliphatic heterocycles. The normalized spacial score (nSPS) is 20.8. The predicted molar refractivity (Wildman–Crippen MR) is 266 cm³/mol. The molecule has 6 aromatic rings. The van der Waals surface area contributed by atoms with Gasteiger partial charge in [-0.05, 0) is 88.4 Å². The Morgan fingerprint density at radius 3 is 1.62 bits per heavy atom. The van der Waals surface area contributed by atoms with Gasteiger partial charge in [0.2, 0.25) is 0 Å². The highest BCUT2D eigenvalue weighted by atomic mass is 79.9. The molecule has 4 aliphatic rings. The molecule has 6 aromatic carbocycles. The first-order chi connectivity index (χ1) is 32.5. The van der Waals surface area contributed by atoms with Gasteiger partial charge in [-0.2, -0.15) is 0 Å². The molecule has 0 saturated heterocycles. The number of guanidine groups is 2. The minimum Gasteiger partial charge on any atom is -0.485 e. The quantitative estimate of drug-likeness (QED) is 0.1000. The summed E-state index contributed by atoms with van der Waals surface area (Å²) in [5, 5.41) is 18.6. The lowest BCUT2D eigenvalue weighted by Crippen LogP contribution is -2.43. The van der Waals surface area contributed by atoms with Gasteiger partial charge in [0.05, 0.1) is 13.1 Å². The van der Waals surface area contributed by atoms with Crippen LogP contribution in [0.25, 0.3) is 20.8 Å². The van der Waals surface area contributed by atoms with Gasteiger partial charge in [-0.3, -0.25) is 19.4 Å². The van der Waals surface area contributed by atoms with Crippen LogP contribution in [0.2, 0.25) is 10.0 Å². The fourth-order valence-electron chi connectivity index (χ4n) is 8.52. The average Bonchev–Trinajstić information content (AvgIpc) is 3.69. The molecule has 340 valence electrons. The van der Waals surface area contributed by atoms with Crippen molar-refractivity contribution in [2.24, 2.45) is 21.5 Å². The SMILES string of the molecule is CN1C(=O)C2(CC(c3cccc(Cl)c3)Oc3ccc(Br)cc32)N=C1N.[C-]#[N+]c1cccc(-c2ccc3c(c2)C2(CC(c4cccc(Cl)c4)O3)N=C(N)N(C)C2=O)c1.[C-]#[N+]c1cccc(B(O)O)c1. The molecular weight excluding hydrogens is 970 g/mol. The molecule has 2 spiro atoms. The molecule has 18 heteroatoms. The van der Waals surface area contributed by atoms with Crippen molar-refractivity contribution in [3.05, 3.63) is 193 Å². The minimum atomic E-state index is -1.49. The second-order valence-corrected chi connectivity index (χ2v) is 18.0. The summed E-state index contributed by atoms with van der Waals surface area (Å²) in [5.41, 5.74) is 16.0. The van der Waals surface area contributed by atoms with E-state index in [9.17, 15) is 9.59 Å². The number of nitrogens with two attached hydrogens (primary N) is 2. The van der Waals surface area contributed by atoms with Crippen molar-refractivity contribution in [1.82, 2.24) is 9.80 Å². The standard InChI is InChI=1S/C25H19ClN4O2.C18H15BrClN3O2.C7H6BNO2/c1-28-19-8-4-5-15(12-19)16-9-10-21-20(13-16)25(23(31)30(2)24(27)29-25)14-22(32-21)17-6-3-7-18(26)11-17;1-23-16(24)18(22-17(23)21)9-15(10-3-2-4-12(20)7-10)25-14-6-5-11(19)8-13(14)18;1-9-7-4-2-3-6(5-7)8(10)11/h3-13,22H,14H2,2H3,(H2,27,29);2-8,15H,9H2,1H3,(H2,21,22);2-5,10-11H. The van der Waals surface area contributed by atoms with E-state index in [1.165, 1.54) is 15.9 Å². The van der Waals surface area contributed by atoms with Gasteiger partial charge in [0.1, 0.15) is 23.7 Å². The maximum Gasteiger partial charge on any atom is 0.487 e. The van der Waals surface area contributed by atoms with Crippen molar-refractivity contribution >= 4 is 86.8 Å². The molecule has 6 N–H and O–H groups in total. The third kappa shape index (κ3) is 9.12. The zero-order valence-corrected chi connectivity index (χ0v) is 39.4. The number of likely N-dealkylation sites (N-methyl/N-ethyl adjacent to an activating group) is 2. The molecule has 4 heterocycles. The van der Waals surface area contributed by atoms with E-state index in [4.69, 9.17) is 67.3 Å². The predicted octanol–water partition coefficient (Wildman–Crippen LogP) is 8.59. The molecule has 0 saturated carbocycles. The minimum absolute atomic E-state index is 0.153. The van der Waals surface area contributed by atoms with Crippen molar-refractivity contribution in [2.45, 2.75) is 36.1 Å². The molecule has 4 atom stereocenters. The van der Waals surface area contributed by atoms with Gasteiger partial charge in [-0.1, -0.05) is 112 Å². The number of ether oxygens (including phenoxy) is 2. The van der Waals surface area contributed by atoms with Gasteiger partial charge in [0, 0.05) is 52.6 Å². The molecule has 0 radical (unpaired) electrons. The van der Waals surface area contributed by atoms with Gasteiger partial charge in [-0.25, -0.2) is 19.7 Å². The number of aliphatic imine (C=N–C) groups is 2. The number of halogens is 3. The highest BCUT2D eigenvalue weighted by Crippen LogP contribution is 2.52. The second kappa shape index (κ2) is 19.2. The Kier molecular flexibility index (Phi) is 13.4. The fraction of sp³-hybridized carbons (Fsp3) is 0.160. The van der Waals surface area contributed by atoms with E-state index in [0.717, 1.165) is 32.3 Å². The van der Waals surface area contributed by atoms with E-state index in [2.05, 4.69) is 35.6 Å². The largest absolute Gasteiger partial charge is 0.487 e. The number of nitrogens with zero attached hydrogens (tertiary/aromatic N) is 6. The van der Waals surface area contributed by atoms with Crippen molar-refractivity contribution < 1.29 is 29.1 Å². The molecule has 2 amide bonds. The van der Waals surface area contributed by atoms with Gasteiger partial charge < -0.3 is 31.0 Å². The van der Waals surface area contributed by atoms with Crippen molar-refractivity contribution in [2.75, 3.05) is 14.1 Å². The van der Waals surface area contributed by atoms with Gasteiger partial charge in [0.15, 0.2) is 34.4 Å². The first-order valence-corrected chi connectivity index (χ1v) is 22.5. The van der Waals surface area contributed by atoms with Crippen LogP contribution in [-0.2, 0) is 20.7 Å². The summed E-state index contributed by atoms with van der Waals surface area (Å²) in [6, 6.07) is 39.7. The Morgan fingerprint density at radius 1 is 0.662 bits per heavy atom. The summed E-state index contributed by atoms with van der Waals surface area (Å²) in [6.45, 7) is 13.9. The molecule has 0 bridgehead atoms. The number of benzene rings is 6. The molecule has 14 nitrogen and oxygen atoms in total. The van der Waals surface area contributed by atoms with Crippen molar-refractivity contribution in [1.29, 1.82) is 0 Å². The zero-order valence-electron chi connectivity index (χ0n) is 36.3. The van der Waals surface area contributed by atoms with Crippen LogP contribution >= 0.6 is 39.1 Å². The van der Waals surface area contributed by atoms with E-state index < -0.39 is 24.3 Å². The number of fused-ring (bicyclic) bond motifs is 4. The lowest BCUT2D eigenvalue weighted by atomic mass is 9.79. The van der Waals surface area contributed by atoms with E-state index in [1.807, 2.05) is 91.0 Å². The number of hydrogen-bond donors (Lipinski definition) is 4. The van der Waals surface area contributed by atoms with E-state index in [0.29, 0.717) is 56.8 Å². The zero-order chi connectivity index (χ0) is 48.5. The topological polar surface area (TPSA) is 185 Å². The third-order valence-corrected chi connectivity index (χ3v) is 12.9. The number of carbonyl (C=O) groups excluding carboxylic acids is 2. The second-order valence-electron chi connectivity index (χ2n) is 16.2. The van der Waals surface area contributed by atoms with Crippen LogP contribution in [0.1, 0.15) is 47.3 Å². The van der Waals surface area contributed by atoms with E-state index in [-0.39, 0.29) is 29.8 Å². The maximum absolute atomic E-state index is 13.5. The van der Waals surface area contributed by atoms with Crippen LogP contribution in [-0.4, -0.2) is 64.8 Å². The Hall–Kier alpha value is -7.18. The van der Waals surface area contributed by atoms with E-state index in [1.54, 1.807) is 50.5 Å². The summed E-state index contributed by atoms with van der Waals surface area (Å²) in [7, 11) is 1.77. The van der Waals surface area contributed by atoms with Gasteiger partial charge in [-0.15, -0.1) is 0 Å². The summed E-state index contributed by atoms with van der Waals surface area (Å²) < 4.78 is 13.4. The van der Waals surface area contributed by atoms with Crippen LogP contribution in [0, 0.1) is 13.1 Å². The molecular formula is C50H40BBrCl2N8O6. The Balaban J connectivity index is 0.000000154. The van der Waals surface area contributed by atoms with Gasteiger partial charge in [0.25, 0.3) is 11.8 Å². The molecule has 4 unspecified atom stereocenters. The molecule has 0 fully saturated rings. The smallest absolute Gasteiger partial charge is 0.485 e. The molecule has 68 heavy (non-hydrogen) atoms. The average molecular weight is 1010 g/mol. The first-order valence-electron chi connectivity index (χ1n) is 20.9. The van der Waals surface area contributed by atoms with Crippen LogP contribution in [0.15, 0.2) is 148 Å².